The van der Waals surface area contributed by atoms with Gasteiger partial charge in [0.25, 0.3) is 0 Å². The molecule has 0 saturated heterocycles. The van der Waals surface area contributed by atoms with Crippen LogP contribution in [-0.4, -0.2) is 0 Å². The number of alkyl halides is 2. The van der Waals surface area contributed by atoms with Crippen molar-refractivity contribution in [1.82, 2.24) is 0 Å². The van der Waals surface area contributed by atoms with E-state index in [1.807, 2.05) is 12.1 Å². The van der Waals surface area contributed by atoms with Gasteiger partial charge in [0.2, 0.25) is 0 Å². The lowest BCUT2D eigenvalue weighted by atomic mass is 9.99. The smallest absolute Gasteiger partial charge is 0.115 e. The van der Waals surface area contributed by atoms with Crippen molar-refractivity contribution in [2.24, 2.45) is 0 Å². The fraction of sp³-hybridized carbons (Fsp3) is 0.400. The van der Waals surface area contributed by atoms with Crippen LogP contribution in [0.3, 0.4) is 0 Å². The molecule has 1 aromatic carbocycles. The molecule has 0 amide bonds. The Kier molecular flexibility index (Phi) is 2.79. The zero-order valence-electron chi connectivity index (χ0n) is 7.32. The quantitative estimate of drug-likeness (QED) is 0.639. The van der Waals surface area contributed by atoms with Crippen molar-refractivity contribution in [3.05, 3.63) is 34.4 Å². The lowest BCUT2D eigenvalue weighted by Gasteiger charge is -2.09. The summed E-state index contributed by atoms with van der Waals surface area (Å²) in [7, 11) is 0. The van der Waals surface area contributed by atoms with E-state index in [-0.39, 0.29) is 0 Å². The van der Waals surface area contributed by atoms with E-state index in [2.05, 4.69) is 0 Å². The van der Waals surface area contributed by atoms with E-state index < -0.39 is 13.3 Å². The fourth-order valence-electron chi connectivity index (χ4n) is 1.30. The van der Waals surface area contributed by atoms with Crippen molar-refractivity contribution in [1.29, 1.82) is 0 Å². The molecule has 0 spiro atoms. The highest BCUT2D eigenvalue weighted by Gasteiger charge is 2.07. The van der Waals surface area contributed by atoms with Gasteiger partial charge in [0.15, 0.2) is 0 Å². The predicted molar refractivity (Wildman–Crippen MR) is 45.5 cm³/mol. The molecule has 0 heterocycles. The summed E-state index contributed by atoms with van der Waals surface area (Å²) in [5.41, 5.74) is 2.68. The number of hydrogen-bond donors (Lipinski definition) is 0. The van der Waals surface area contributed by atoms with E-state index in [0.717, 1.165) is 11.1 Å². The molecule has 0 N–H and O–H groups in total. The zero-order chi connectivity index (χ0) is 9.14. The lowest BCUT2D eigenvalue weighted by Crippen LogP contribution is -1.96. The first-order valence-corrected chi connectivity index (χ1v) is 3.90. The van der Waals surface area contributed by atoms with Gasteiger partial charge in [0.05, 0.1) is 0 Å². The van der Waals surface area contributed by atoms with Gasteiger partial charge in [-0.15, -0.1) is 0 Å². The van der Waals surface area contributed by atoms with Gasteiger partial charge in [-0.05, 0) is 36.1 Å². The monoisotopic (exact) mass is 170 g/mol. The van der Waals surface area contributed by atoms with Crippen molar-refractivity contribution < 1.29 is 8.78 Å². The minimum Gasteiger partial charge on any atom is -0.246 e. The van der Waals surface area contributed by atoms with Crippen LogP contribution in [0, 0.1) is 13.8 Å². The molecule has 0 radical (unpaired) electrons. The van der Waals surface area contributed by atoms with Crippen LogP contribution >= 0.6 is 0 Å². The molecule has 0 fully saturated rings. The standard InChI is InChI=1S/C10H12F2/c1-7-3-4-8(2)10(6-12)9(7)5-11/h3-4H,5-6H2,1-2H3. The van der Waals surface area contributed by atoms with Gasteiger partial charge in [-0.25, -0.2) is 8.78 Å². The van der Waals surface area contributed by atoms with Crippen molar-refractivity contribution in [2.75, 3.05) is 0 Å². The fourth-order valence-corrected chi connectivity index (χ4v) is 1.30. The first kappa shape index (κ1) is 9.17. The van der Waals surface area contributed by atoms with Crippen LogP contribution in [0.4, 0.5) is 8.78 Å². The average Bonchev–Trinajstić information content (AvgIpc) is 2.08. The Hall–Kier alpha value is -0.920. The first-order chi connectivity index (χ1) is 5.70. The van der Waals surface area contributed by atoms with Crippen molar-refractivity contribution in [2.45, 2.75) is 27.2 Å². The predicted octanol–water partition coefficient (Wildman–Crippen LogP) is 3.24. The van der Waals surface area contributed by atoms with Crippen LogP contribution in [0.25, 0.3) is 0 Å². The van der Waals surface area contributed by atoms with Gasteiger partial charge in [0.1, 0.15) is 13.3 Å². The summed E-state index contributed by atoms with van der Waals surface area (Å²) < 4.78 is 24.9. The third-order valence-electron chi connectivity index (χ3n) is 2.17. The number of halogens is 2. The molecule has 66 valence electrons. The van der Waals surface area contributed by atoms with E-state index >= 15 is 0 Å². The van der Waals surface area contributed by atoms with Crippen LogP contribution in [0.5, 0.6) is 0 Å². The zero-order valence-corrected chi connectivity index (χ0v) is 7.32. The van der Waals surface area contributed by atoms with Gasteiger partial charge in [-0.1, -0.05) is 12.1 Å². The molecular weight excluding hydrogens is 158 g/mol. The van der Waals surface area contributed by atoms with Gasteiger partial charge in [-0.2, -0.15) is 0 Å². The first-order valence-electron chi connectivity index (χ1n) is 3.90. The Balaban J connectivity index is 3.28. The third kappa shape index (κ3) is 1.47. The molecule has 0 aliphatic carbocycles. The van der Waals surface area contributed by atoms with E-state index in [1.165, 1.54) is 0 Å². The molecule has 0 aromatic heterocycles. The SMILES string of the molecule is Cc1ccc(C)c(CF)c1CF. The van der Waals surface area contributed by atoms with Crippen molar-refractivity contribution in [3.63, 3.8) is 0 Å². The molecule has 0 nitrogen and oxygen atoms in total. The minimum absolute atomic E-state index is 0.512. The summed E-state index contributed by atoms with van der Waals surface area (Å²) in [5.74, 6) is 0. The minimum atomic E-state index is -0.577. The Morgan fingerprint density at radius 1 is 0.917 bits per heavy atom. The third-order valence-corrected chi connectivity index (χ3v) is 2.17. The molecule has 12 heavy (non-hydrogen) atoms. The average molecular weight is 170 g/mol. The number of rotatable bonds is 2. The molecule has 0 aliphatic rings. The van der Waals surface area contributed by atoms with Gasteiger partial charge in [-0.3, -0.25) is 0 Å². The maximum atomic E-state index is 12.4. The summed E-state index contributed by atoms with van der Waals surface area (Å²) in [6.07, 6.45) is 0. The number of hydrogen-bond acceptors (Lipinski definition) is 0. The number of aryl methyl sites for hydroxylation is 2. The second-order valence-electron chi connectivity index (χ2n) is 2.92. The van der Waals surface area contributed by atoms with Crippen LogP contribution < -0.4 is 0 Å². The summed E-state index contributed by atoms with van der Waals surface area (Å²) in [4.78, 5) is 0. The van der Waals surface area contributed by atoms with Gasteiger partial charge >= 0.3 is 0 Å². The van der Waals surface area contributed by atoms with Crippen molar-refractivity contribution in [3.8, 4) is 0 Å². The molecule has 0 unspecified atom stereocenters. The number of benzene rings is 1. The van der Waals surface area contributed by atoms with Crippen LogP contribution in [-0.2, 0) is 13.3 Å². The Morgan fingerprint density at radius 2 is 1.25 bits per heavy atom. The highest BCUT2D eigenvalue weighted by molar-refractivity contribution is 5.39. The van der Waals surface area contributed by atoms with Crippen LogP contribution in [0.1, 0.15) is 22.3 Å². The van der Waals surface area contributed by atoms with E-state index in [1.54, 1.807) is 13.8 Å². The van der Waals surface area contributed by atoms with E-state index in [0.29, 0.717) is 11.1 Å². The summed E-state index contributed by atoms with van der Waals surface area (Å²) in [6, 6.07) is 3.65. The molecule has 0 saturated carbocycles. The van der Waals surface area contributed by atoms with Gasteiger partial charge in [0, 0.05) is 0 Å². The lowest BCUT2D eigenvalue weighted by molar-refractivity contribution is 0.451. The molecular formula is C10H12F2. The summed E-state index contributed by atoms with van der Waals surface area (Å²) >= 11 is 0. The second kappa shape index (κ2) is 3.65. The maximum Gasteiger partial charge on any atom is 0.115 e. The topological polar surface area (TPSA) is 0 Å². The molecule has 1 rings (SSSR count). The molecule has 0 aliphatic heterocycles. The summed E-state index contributed by atoms with van der Waals surface area (Å²) in [6.45, 7) is 2.44. The molecule has 0 bridgehead atoms. The molecule has 1 aromatic rings. The normalized spacial score (nSPS) is 10.3. The molecule has 0 atom stereocenters. The van der Waals surface area contributed by atoms with E-state index in [4.69, 9.17) is 0 Å². The van der Waals surface area contributed by atoms with Gasteiger partial charge < -0.3 is 0 Å². The Bertz CT molecular complexity index is 250. The Labute approximate surface area is 71.2 Å². The Morgan fingerprint density at radius 3 is 1.50 bits per heavy atom. The second-order valence-corrected chi connectivity index (χ2v) is 2.92. The highest BCUT2D eigenvalue weighted by Crippen LogP contribution is 2.20. The highest BCUT2D eigenvalue weighted by atomic mass is 19.1. The van der Waals surface area contributed by atoms with Crippen molar-refractivity contribution >= 4 is 0 Å². The largest absolute Gasteiger partial charge is 0.246 e. The maximum absolute atomic E-state index is 12.4. The van der Waals surface area contributed by atoms with Crippen LogP contribution in [0.2, 0.25) is 0 Å². The van der Waals surface area contributed by atoms with Crippen LogP contribution in [0.15, 0.2) is 12.1 Å². The summed E-state index contributed by atoms with van der Waals surface area (Å²) in [5, 5.41) is 0. The molecule has 2 heteroatoms. The van der Waals surface area contributed by atoms with E-state index in [9.17, 15) is 8.78 Å².